The normalized spacial score (nSPS) is 10.3. The Morgan fingerprint density at radius 2 is 2.33 bits per heavy atom. The number of nitro groups is 1. The van der Waals surface area contributed by atoms with Crippen molar-refractivity contribution in [3.8, 4) is 0 Å². The fourth-order valence-electron chi connectivity index (χ4n) is 1.51. The van der Waals surface area contributed by atoms with Crippen LogP contribution in [0.15, 0.2) is 24.5 Å². The maximum Gasteiger partial charge on any atom is 0.271 e. The molecule has 0 unspecified atom stereocenters. The third kappa shape index (κ3) is 2.45. The van der Waals surface area contributed by atoms with Gasteiger partial charge in [0, 0.05) is 17.8 Å². The summed E-state index contributed by atoms with van der Waals surface area (Å²) in [5.41, 5.74) is 1.54. The lowest BCUT2D eigenvalue weighted by molar-refractivity contribution is -0.384. The summed E-state index contributed by atoms with van der Waals surface area (Å²) >= 11 is 0. The molecule has 0 saturated carbocycles. The first-order chi connectivity index (χ1) is 8.58. The molecular weight excluding hydrogens is 239 g/mol. The number of H-pyrrole nitrogens is 1. The van der Waals surface area contributed by atoms with Crippen LogP contribution in [-0.2, 0) is 6.54 Å². The average Bonchev–Trinajstić information content (AvgIpc) is 2.73. The Kier molecular flexibility index (Phi) is 3.22. The molecule has 2 rings (SSSR count). The number of hydrogen-bond donors (Lipinski definition) is 2. The van der Waals surface area contributed by atoms with Gasteiger partial charge < -0.3 is 10.3 Å². The van der Waals surface area contributed by atoms with E-state index in [-0.39, 0.29) is 11.4 Å². The Labute approximate surface area is 102 Å². The number of nitrogens with one attached hydrogen (secondary N) is 2. The third-order valence-electron chi connectivity index (χ3n) is 2.54. The second kappa shape index (κ2) is 4.82. The maximum absolute atomic E-state index is 13.4. The van der Waals surface area contributed by atoms with Crippen molar-refractivity contribution < 1.29 is 9.31 Å². The smallest absolute Gasteiger partial charge is 0.271 e. The monoisotopic (exact) mass is 250 g/mol. The van der Waals surface area contributed by atoms with Gasteiger partial charge >= 0.3 is 0 Å². The summed E-state index contributed by atoms with van der Waals surface area (Å²) in [6.45, 7) is 2.14. The molecule has 6 nitrogen and oxygen atoms in total. The number of nitro benzene ring substituents is 1. The third-order valence-corrected chi connectivity index (χ3v) is 2.54. The van der Waals surface area contributed by atoms with Crippen molar-refractivity contribution in [3.63, 3.8) is 0 Å². The Hall–Kier alpha value is -2.44. The fraction of sp³-hybridized carbons (Fsp3) is 0.182. The molecule has 0 aliphatic rings. The number of rotatable bonds is 4. The minimum Gasteiger partial charge on any atom is -0.377 e. The molecule has 0 bridgehead atoms. The highest BCUT2D eigenvalue weighted by atomic mass is 19.1. The van der Waals surface area contributed by atoms with Crippen LogP contribution in [0.25, 0.3) is 0 Å². The van der Waals surface area contributed by atoms with Crippen LogP contribution < -0.4 is 5.32 Å². The van der Waals surface area contributed by atoms with Gasteiger partial charge in [-0.2, -0.15) is 0 Å². The second-order valence-electron chi connectivity index (χ2n) is 3.75. The molecule has 0 saturated heterocycles. The number of imidazole rings is 1. The van der Waals surface area contributed by atoms with Gasteiger partial charge in [0.05, 0.1) is 29.2 Å². The summed E-state index contributed by atoms with van der Waals surface area (Å²) in [6, 6.07) is 3.36. The highest BCUT2D eigenvalue weighted by Crippen LogP contribution is 2.21. The van der Waals surface area contributed by atoms with Gasteiger partial charge in [0.1, 0.15) is 5.82 Å². The van der Waals surface area contributed by atoms with Gasteiger partial charge in [0.2, 0.25) is 0 Å². The summed E-state index contributed by atoms with van der Waals surface area (Å²) in [5, 5.41) is 13.4. The zero-order valence-corrected chi connectivity index (χ0v) is 9.61. The first-order valence-corrected chi connectivity index (χ1v) is 5.24. The Bertz CT molecular complexity index is 582. The van der Waals surface area contributed by atoms with Crippen LogP contribution in [0.3, 0.4) is 0 Å². The molecule has 2 aromatic rings. The number of nitrogens with zero attached hydrogens (tertiary/aromatic N) is 2. The highest BCUT2D eigenvalue weighted by Gasteiger charge is 2.11. The number of anilines is 1. The molecule has 7 heteroatoms. The predicted octanol–water partition coefficient (Wildman–Crippen LogP) is 2.38. The minimum atomic E-state index is -0.565. The Morgan fingerprint density at radius 3 is 2.94 bits per heavy atom. The number of aromatic amines is 1. The summed E-state index contributed by atoms with van der Waals surface area (Å²) in [4.78, 5) is 17.0. The van der Waals surface area contributed by atoms with Crippen molar-refractivity contribution in [1.82, 2.24) is 9.97 Å². The van der Waals surface area contributed by atoms with Gasteiger partial charge in [-0.05, 0) is 13.0 Å². The molecule has 0 aliphatic heterocycles. The van der Waals surface area contributed by atoms with E-state index >= 15 is 0 Å². The molecule has 1 aromatic heterocycles. The summed E-state index contributed by atoms with van der Waals surface area (Å²) < 4.78 is 13.4. The van der Waals surface area contributed by atoms with Gasteiger partial charge in [-0.1, -0.05) is 0 Å². The quantitative estimate of drug-likeness (QED) is 0.644. The number of halogens is 1. The number of benzene rings is 1. The lowest BCUT2D eigenvalue weighted by Crippen LogP contribution is -2.03. The predicted molar refractivity (Wildman–Crippen MR) is 63.7 cm³/mol. The van der Waals surface area contributed by atoms with E-state index in [1.807, 2.05) is 6.92 Å². The van der Waals surface area contributed by atoms with Gasteiger partial charge in [0.15, 0.2) is 0 Å². The van der Waals surface area contributed by atoms with Crippen molar-refractivity contribution in [2.45, 2.75) is 13.5 Å². The summed E-state index contributed by atoms with van der Waals surface area (Å²) in [5.74, 6) is -0.534. The van der Waals surface area contributed by atoms with Gasteiger partial charge in [-0.3, -0.25) is 10.1 Å². The van der Waals surface area contributed by atoms with Crippen LogP contribution >= 0.6 is 0 Å². The van der Waals surface area contributed by atoms with Crippen LogP contribution in [0.4, 0.5) is 15.8 Å². The van der Waals surface area contributed by atoms with E-state index in [9.17, 15) is 14.5 Å². The Morgan fingerprint density at radius 1 is 1.56 bits per heavy atom. The first-order valence-electron chi connectivity index (χ1n) is 5.24. The molecule has 94 valence electrons. The zero-order valence-electron chi connectivity index (χ0n) is 9.61. The van der Waals surface area contributed by atoms with E-state index in [4.69, 9.17) is 0 Å². The molecular formula is C11H11FN4O2. The molecule has 0 amide bonds. The number of non-ortho nitro benzene ring substituents is 1. The molecule has 0 fully saturated rings. The van der Waals surface area contributed by atoms with E-state index in [1.165, 1.54) is 6.33 Å². The van der Waals surface area contributed by atoms with Crippen LogP contribution in [0.2, 0.25) is 0 Å². The van der Waals surface area contributed by atoms with Crippen molar-refractivity contribution in [3.05, 3.63) is 51.8 Å². The van der Waals surface area contributed by atoms with Gasteiger partial charge in [-0.25, -0.2) is 9.37 Å². The van der Waals surface area contributed by atoms with E-state index in [2.05, 4.69) is 15.3 Å². The standard InChI is InChI=1S/C11H11FN4O2/c1-7-11(15-6-14-7)5-13-10-4-8(16(17)18)2-3-9(10)12/h2-4,6,13H,5H2,1H3,(H,14,15). The molecule has 0 spiro atoms. The number of aromatic nitrogens is 2. The van der Waals surface area contributed by atoms with Crippen molar-refractivity contribution in [2.75, 3.05) is 5.32 Å². The number of hydrogen-bond acceptors (Lipinski definition) is 4. The topological polar surface area (TPSA) is 83.8 Å². The summed E-state index contributed by atoms with van der Waals surface area (Å²) in [6.07, 6.45) is 1.54. The average molecular weight is 250 g/mol. The molecule has 0 atom stereocenters. The van der Waals surface area contributed by atoms with Crippen molar-refractivity contribution in [1.29, 1.82) is 0 Å². The first kappa shape index (κ1) is 12.0. The molecule has 2 N–H and O–H groups in total. The highest BCUT2D eigenvalue weighted by molar-refractivity contribution is 5.52. The van der Waals surface area contributed by atoms with Gasteiger partial charge in [-0.15, -0.1) is 0 Å². The van der Waals surface area contributed by atoms with Crippen molar-refractivity contribution >= 4 is 11.4 Å². The SMILES string of the molecule is Cc1[nH]cnc1CNc1cc([N+](=O)[O-])ccc1F. The van der Waals surface area contributed by atoms with Crippen LogP contribution in [0.1, 0.15) is 11.4 Å². The zero-order chi connectivity index (χ0) is 13.1. The lowest BCUT2D eigenvalue weighted by atomic mass is 10.2. The number of aryl methyl sites for hydroxylation is 1. The molecule has 0 radical (unpaired) electrons. The second-order valence-corrected chi connectivity index (χ2v) is 3.75. The molecule has 1 aromatic carbocycles. The largest absolute Gasteiger partial charge is 0.377 e. The summed E-state index contributed by atoms with van der Waals surface area (Å²) in [7, 11) is 0. The van der Waals surface area contributed by atoms with E-state index < -0.39 is 10.7 Å². The minimum absolute atomic E-state index is 0.0894. The van der Waals surface area contributed by atoms with Crippen molar-refractivity contribution in [2.24, 2.45) is 0 Å². The van der Waals surface area contributed by atoms with E-state index in [0.717, 1.165) is 29.6 Å². The van der Waals surface area contributed by atoms with E-state index in [1.54, 1.807) is 0 Å². The van der Waals surface area contributed by atoms with Crippen LogP contribution in [0.5, 0.6) is 0 Å². The maximum atomic E-state index is 13.4. The molecule has 1 heterocycles. The van der Waals surface area contributed by atoms with Crippen LogP contribution in [-0.4, -0.2) is 14.9 Å². The van der Waals surface area contributed by atoms with Crippen LogP contribution in [0, 0.1) is 22.9 Å². The molecule has 0 aliphatic carbocycles. The lowest BCUT2D eigenvalue weighted by Gasteiger charge is -2.06. The Balaban J connectivity index is 2.16. The fourth-order valence-corrected chi connectivity index (χ4v) is 1.51. The van der Waals surface area contributed by atoms with Gasteiger partial charge in [0.25, 0.3) is 5.69 Å². The van der Waals surface area contributed by atoms with E-state index in [0.29, 0.717) is 6.54 Å². The molecule has 18 heavy (non-hydrogen) atoms.